The maximum absolute atomic E-state index is 9.99. The Hall–Kier alpha value is -1.09. The van der Waals surface area contributed by atoms with Crippen molar-refractivity contribution in [2.75, 3.05) is 5.32 Å². The van der Waals surface area contributed by atoms with Crippen molar-refractivity contribution in [1.29, 1.82) is 0 Å². The largest absolute Gasteiger partial charge is 0.508 e. The van der Waals surface area contributed by atoms with Crippen molar-refractivity contribution in [3.8, 4) is 5.75 Å². The van der Waals surface area contributed by atoms with Crippen molar-refractivity contribution in [3.05, 3.63) is 56.5 Å². The zero-order chi connectivity index (χ0) is 14.9. The molecule has 2 nitrogen and oxygen atoms in total. The predicted molar refractivity (Wildman–Crippen MR) is 86.4 cm³/mol. The van der Waals surface area contributed by atoms with Crippen LogP contribution in [0.3, 0.4) is 0 Å². The van der Waals surface area contributed by atoms with Crippen molar-refractivity contribution >= 4 is 40.5 Å². The van der Waals surface area contributed by atoms with Crippen molar-refractivity contribution in [3.63, 3.8) is 0 Å². The van der Waals surface area contributed by atoms with E-state index in [2.05, 4.69) is 5.32 Å². The number of hydrogen-bond donors (Lipinski definition) is 2. The molecule has 0 aromatic heterocycles. The van der Waals surface area contributed by atoms with Gasteiger partial charge in [0, 0.05) is 5.56 Å². The molecule has 0 amide bonds. The monoisotopic (exact) mass is 329 g/mol. The number of nitrogens with one attached hydrogen (secondary N) is 1. The summed E-state index contributed by atoms with van der Waals surface area (Å²) in [5.41, 5.74) is 2.47. The Kier molecular flexibility index (Phi) is 4.69. The number of phenols is 1. The number of aryl methyl sites for hydroxylation is 1. The highest BCUT2D eigenvalue weighted by molar-refractivity contribution is 6.44. The molecule has 20 heavy (non-hydrogen) atoms. The van der Waals surface area contributed by atoms with Crippen molar-refractivity contribution < 1.29 is 5.11 Å². The van der Waals surface area contributed by atoms with Gasteiger partial charge in [-0.15, -0.1) is 0 Å². The van der Waals surface area contributed by atoms with Gasteiger partial charge in [0.2, 0.25) is 0 Å². The van der Waals surface area contributed by atoms with Crippen molar-refractivity contribution in [2.45, 2.75) is 19.9 Å². The first-order valence-corrected chi connectivity index (χ1v) is 7.22. The topological polar surface area (TPSA) is 32.3 Å². The van der Waals surface area contributed by atoms with E-state index in [1.54, 1.807) is 18.2 Å². The summed E-state index contributed by atoms with van der Waals surface area (Å²) in [6, 6.07) is 8.70. The van der Waals surface area contributed by atoms with Gasteiger partial charge >= 0.3 is 0 Å². The van der Waals surface area contributed by atoms with Gasteiger partial charge in [0.15, 0.2) is 0 Å². The summed E-state index contributed by atoms with van der Waals surface area (Å²) >= 11 is 18.0. The molecule has 0 bridgehead atoms. The molecule has 0 saturated heterocycles. The van der Waals surface area contributed by atoms with E-state index in [-0.39, 0.29) is 11.8 Å². The molecule has 0 aliphatic rings. The molecule has 0 saturated carbocycles. The van der Waals surface area contributed by atoms with E-state index >= 15 is 0 Å². The fourth-order valence-electron chi connectivity index (χ4n) is 1.96. The Labute approximate surface area is 133 Å². The zero-order valence-electron chi connectivity index (χ0n) is 11.0. The molecular formula is C15H14Cl3NO. The zero-order valence-corrected chi connectivity index (χ0v) is 13.3. The molecule has 0 radical (unpaired) electrons. The highest BCUT2D eigenvalue weighted by Crippen LogP contribution is 2.35. The van der Waals surface area contributed by atoms with Crippen molar-refractivity contribution in [2.24, 2.45) is 0 Å². The van der Waals surface area contributed by atoms with Crippen LogP contribution in [0.15, 0.2) is 30.3 Å². The molecule has 0 fully saturated rings. The van der Waals surface area contributed by atoms with Crippen LogP contribution in [0.1, 0.15) is 24.1 Å². The molecule has 106 valence electrons. The summed E-state index contributed by atoms with van der Waals surface area (Å²) in [5.74, 6) is 0.251. The Morgan fingerprint density at radius 1 is 1.00 bits per heavy atom. The summed E-state index contributed by atoms with van der Waals surface area (Å²) in [7, 11) is 0. The SMILES string of the molecule is Cc1ccc(C(C)Nc2cc(Cl)c(Cl)cc2Cl)c(O)c1. The molecule has 1 atom stereocenters. The fourth-order valence-corrected chi connectivity index (χ4v) is 2.57. The fraction of sp³-hybridized carbons (Fsp3) is 0.200. The number of anilines is 1. The predicted octanol–water partition coefficient (Wildman–Crippen LogP) is 5.83. The lowest BCUT2D eigenvalue weighted by Crippen LogP contribution is -2.07. The number of hydrogen-bond acceptors (Lipinski definition) is 2. The van der Waals surface area contributed by atoms with Gasteiger partial charge in [-0.1, -0.05) is 46.9 Å². The maximum atomic E-state index is 9.99. The summed E-state index contributed by atoms with van der Waals surface area (Å²) < 4.78 is 0. The lowest BCUT2D eigenvalue weighted by Gasteiger charge is -2.18. The van der Waals surface area contributed by atoms with E-state index < -0.39 is 0 Å². The standard InChI is InChI=1S/C15H14Cl3NO/c1-8-3-4-10(15(20)5-8)9(2)19-14-7-12(17)11(16)6-13(14)18/h3-7,9,19-20H,1-2H3. The third kappa shape index (κ3) is 3.32. The van der Waals surface area contributed by atoms with Crippen LogP contribution in [0.4, 0.5) is 5.69 Å². The minimum atomic E-state index is -0.120. The molecule has 0 spiro atoms. The lowest BCUT2D eigenvalue weighted by molar-refractivity contribution is 0.465. The molecule has 2 aromatic rings. The average Bonchev–Trinajstić information content (AvgIpc) is 2.35. The lowest BCUT2D eigenvalue weighted by atomic mass is 10.0. The van der Waals surface area contributed by atoms with E-state index in [9.17, 15) is 5.11 Å². The van der Waals surface area contributed by atoms with Gasteiger partial charge in [0.1, 0.15) is 5.75 Å². The van der Waals surface area contributed by atoms with Gasteiger partial charge in [0.25, 0.3) is 0 Å². The number of aromatic hydroxyl groups is 1. The van der Waals surface area contributed by atoms with Gasteiger partial charge in [-0.05, 0) is 37.6 Å². The number of halogens is 3. The van der Waals surface area contributed by atoms with Gasteiger partial charge < -0.3 is 10.4 Å². The number of benzene rings is 2. The van der Waals surface area contributed by atoms with Gasteiger partial charge in [0.05, 0.1) is 26.8 Å². The molecule has 0 heterocycles. The molecule has 1 unspecified atom stereocenters. The van der Waals surface area contributed by atoms with E-state index in [0.29, 0.717) is 20.8 Å². The van der Waals surface area contributed by atoms with Crippen LogP contribution in [0.25, 0.3) is 0 Å². The van der Waals surface area contributed by atoms with E-state index in [1.807, 2.05) is 26.0 Å². The third-order valence-electron chi connectivity index (χ3n) is 3.03. The Balaban J connectivity index is 2.27. The summed E-state index contributed by atoms with van der Waals surface area (Å²) in [6.45, 7) is 3.86. The average molecular weight is 331 g/mol. The van der Waals surface area contributed by atoms with Crippen LogP contribution < -0.4 is 5.32 Å². The van der Waals surface area contributed by atoms with E-state index in [1.165, 1.54) is 0 Å². The Bertz CT molecular complexity index is 643. The molecule has 5 heteroatoms. The van der Waals surface area contributed by atoms with Crippen LogP contribution in [-0.2, 0) is 0 Å². The van der Waals surface area contributed by atoms with E-state index in [0.717, 1.165) is 11.1 Å². The van der Waals surface area contributed by atoms with Crippen LogP contribution in [0.5, 0.6) is 5.75 Å². The second-order valence-electron chi connectivity index (χ2n) is 4.67. The van der Waals surface area contributed by atoms with Gasteiger partial charge in [-0.2, -0.15) is 0 Å². The molecule has 0 aliphatic heterocycles. The second kappa shape index (κ2) is 6.13. The quantitative estimate of drug-likeness (QED) is 0.693. The number of phenolic OH excluding ortho intramolecular Hbond substituents is 1. The summed E-state index contributed by atoms with van der Waals surface area (Å²) in [5, 5.41) is 14.5. The minimum absolute atomic E-state index is 0.120. The molecule has 0 aliphatic carbocycles. The van der Waals surface area contributed by atoms with Crippen LogP contribution >= 0.6 is 34.8 Å². The molecule has 2 rings (SSSR count). The smallest absolute Gasteiger partial charge is 0.121 e. The third-order valence-corrected chi connectivity index (χ3v) is 4.07. The normalized spacial score (nSPS) is 12.2. The first-order valence-electron chi connectivity index (χ1n) is 6.09. The summed E-state index contributed by atoms with van der Waals surface area (Å²) in [4.78, 5) is 0. The Morgan fingerprint density at radius 3 is 2.30 bits per heavy atom. The van der Waals surface area contributed by atoms with Crippen LogP contribution in [0, 0.1) is 6.92 Å². The number of rotatable bonds is 3. The minimum Gasteiger partial charge on any atom is -0.508 e. The van der Waals surface area contributed by atoms with Gasteiger partial charge in [-0.3, -0.25) is 0 Å². The first kappa shape index (κ1) is 15.3. The Morgan fingerprint density at radius 2 is 1.65 bits per heavy atom. The van der Waals surface area contributed by atoms with Crippen LogP contribution in [-0.4, -0.2) is 5.11 Å². The van der Waals surface area contributed by atoms with Crippen LogP contribution in [0.2, 0.25) is 15.1 Å². The highest BCUT2D eigenvalue weighted by atomic mass is 35.5. The summed E-state index contributed by atoms with van der Waals surface area (Å²) in [6.07, 6.45) is 0. The van der Waals surface area contributed by atoms with Crippen molar-refractivity contribution in [1.82, 2.24) is 0 Å². The van der Waals surface area contributed by atoms with E-state index in [4.69, 9.17) is 34.8 Å². The second-order valence-corrected chi connectivity index (χ2v) is 5.90. The maximum Gasteiger partial charge on any atom is 0.121 e. The first-order chi connectivity index (χ1) is 9.38. The molecule has 2 N–H and O–H groups in total. The molecule has 2 aromatic carbocycles. The van der Waals surface area contributed by atoms with Gasteiger partial charge in [-0.25, -0.2) is 0 Å². The molecular weight excluding hydrogens is 317 g/mol. The highest BCUT2D eigenvalue weighted by Gasteiger charge is 2.13.